The average Bonchev–Trinajstić information content (AvgIpc) is 2.72. The largest absolute Gasteiger partial charge is 0.275 e. The topological polar surface area (TPSA) is 43.6 Å². The molecule has 0 aliphatic heterocycles. The molecule has 0 amide bonds. The minimum atomic E-state index is 0.489. The lowest BCUT2D eigenvalue weighted by atomic mass is 10.1. The summed E-state index contributed by atoms with van der Waals surface area (Å²) in [5, 5.41) is 4.63. The number of halogens is 1. The molecule has 0 saturated carbocycles. The van der Waals surface area contributed by atoms with Crippen molar-refractivity contribution < 1.29 is 0 Å². The van der Waals surface area contributed by atoms with Crippen molar-refractivity contribution in [2.75, 3.05) is 0 Å². The second kappa shape index (κ2) is 5.48. The van der Waals surface area contributed by atoms with Crippen LogP contribution in [0.1, 0.15) is 26.1 Å². The molecule has 0 N–H and O–H groups in total. The van der Waals surface area contributed by atoms with Crippen molar-refractivity contribution in [1.29, 1.82) is 0 Å². The molecule has 2 rings (SSSR count). The van der Waals surface area contributed by atoms with Gasteiger partial charge in [0.15, 0.2) is 0 Å². The van der Waals surface area contributed by atoms with Gasteiger partial charge < -0.3 is 0 Å². The number of rotatable bonds is 4. The maximum Gasteiger partial charge on any atom is 0.133 e. The van der Waals surface area contributed by atoms with E-state index in [0.717, 1.165) is 29.9 Å². The zero-order valence-corrected chi connectivity index (χ0v) is 11.6. The van der Waals surface area contributed by atoms with Crippen molar-refractivity contribution in [3.05, 3.63) is 29.4 Å². The van der Waals surface area contributed by atoms with Gasteiger partial charge in [0.05, 0.1) is 11.9 Å². The molecule has 0 aliphatic carbocycles. The molecule has 0 saturated heterocycles. The quantitative estimate of drug-likeness (QED) is 0.797. The van der Waals surface area contributed by atoms with Gasteiger partial charge in [0, 0.05) is 31.3 Å². The van der Waals surface area contributed by atoms with Gasteiger partial charge in [-0.25, -0.2) is 9.97 Å². The Kier molecular flexibility index (Phi) is 3.97. The van der Waals surface area contributed by atoms with Crippen LogP contribution in [0.25, 0.3) is 11.3 Å². The van der Waals surface area contributed by atoms with Crippen molar-refractivity contribution in [2.24, 2.45) is 13.0 Å². The predicted molar refractivity (Wildman–Crippen MR) is 72.4 cm³/mol. The van der Waals surface area contributed by atoms with Gasteiger partial charge in [-0.05, 0) is 12.3 Å². The van der Waals surface area contributed by atoms with Gasteiger partial charge in [-0.15, -0.1) is 0 Å². The molecule has 0 radical (unpaired) electrons. The van der Waals surface area contributed by atoms with E-state index in [-0.39, 0.29) is 0 Å². The fraction of sp³-hybridized carbons (Fsp3) is 0.462. The second-order valence-corrected chi connectivity index (χ2v) is 5.21. The first-order chi connectivity index (χ1) is 8.54. The summed E-state index contributed by atoms with van der Waals surface area (Å²) in [6, 6.07) is 1.78. The van der Waals surface area contributed by atoms with Crippen LogP contribution in [0.5, 0.6) is 0 Å². The van der Waals surface area contributed by atoms with Crippen molar-refractivity contribution in [1.82, 2.24) is 19.7 Å². The highest BCUT2D eigenvalue weighted by Gasteiger charge is 2.08. The van der Waals surface area contributed by atoms with Crippen LogP contribution < -0.4 is 0 Å². The number of aromatic nitrogens is 4. The van der Waals surface area contributed by atoms with E-state index in [4.69, 9.17) is 11.6 Å². The fourth-order valence-corrected chi connectivity index (χ4v) is 1.90. The molecule has 0 bridgehead atoms. The van der Waals surface area contributed by atoms with E-state index < -0.39 is 0 Å². The lowest BCUT2D eigenvalue weighted by molar-refractivity contribution is 0.575. The Balaban J connectivity index is 2.26. The molecule has 0 atom stereocenters. The highest BCUT2D eigenvalue weighted by Crippen LogP contribution is 2.20. The Labute approximate surface area is 112 Å². The van der Waals surface area contributed by atoms with Crippen molar-refractivity contribution in [2.45, 2.75) is 26.7 Å². The first kappa shape index (κ1) is 13.0. The zero-order chi connectivity index (χ0) is 13.1. The SMILES string of the molecule is CC(C)CCc1nc(Cl)cc(-c2cnn(C)c2)n1. The molecule has 2 heterocycles. The predicted octanol–water partition coefficient (Wildman–Crippen LogP) is 3.12. The van der Waals surface area contributed by atoms with Gasteiger partial charge in [0.2, 0.25) is 0 Å². The van der Waals surface area contributed by atoms with Crippen LogP contribution in [0.15, 0.2) is 18.5 Å². The smallest absolute Gasteiger partial charge is 0.133 e. The fourth-order valence-electron chi connectivity index (χ4n) is 1.70. The Hall–Kier alpha value is -1.42. The summed E-state index contributed by atoms with van der Waals surface area (Å²) in [5.74, 6) is 1.43. The first-order valence-corrected chi connectivity index (χ1v) is 6.45. The molecule has 96 valence electrons. The van der Waals surface area contributed by atoms with E-state index in [1.54, 1.807) is 16.9 Å². The molecule has 0 aliphatic rings. The molecule has 0 aromatic carbocycles. The number of hydrogen-bond acceptors (Lipinski definition) is 3. The van der Waals surface area contributed by atoms with Crippen LogP contribution in [0.2, 0.25) is 5.15 Å². The second-order valence-electron chi connectivity index (χ2n) is 4.83. The Morgan fingerprint density at radius 2 is 2.11 bits per heavy atom. The summed E-state index contributed by atoms with van der Waals surface area (Å²) >= 11 is 6.04. The van der Waals surface area contributed by atoms with Gasteiger partial charge in [-0.1, -0.05) is 25.4 Å². The van der Waals surface area contributed by atoms with Crippen molar-refractivity contribution in [3.63, 3.8) is 0 Å². The monoisotopic (exact) mass is 264 g/mol. The molecular weight excluding hydrogens is 248 g/mol. The van der Waals surface area contributed by atoms with E-state index in [1.807, 2.05) is 13.2 Å². The first-order valence-electron chi connectivity index (χ1n) is 6.07. The van der Waals surface area contributed by atoms with Crippen LogP contribution >= 0.6 is 11.6 Å². The van der Waals surface area contributed by atoms with E-state index in [2.05, 4.69) is 28.9 Å². The summed E-state index contributed by atoms with van der Waals surface area (Å²) < 4.78 is 1.75. The maximum absolute atomic E-state index is 6.04. The molecule has 18 heavy (non-hydrogen) atoms. The molecule has 4 nitrogen and oxygen atoms in total. The molecule has 0 spiro atoms. The van der Waals surface area contributed by atoms with E-state index in [1.165, 1.54) is 0 Å². The maximum atomic E-state index is 6.04. The van der Waals surface area contributed by atoms with Crippen molar-refractivity contribution in [3.8, 4) is 11.3 Å². The molecule has 5 heteroatoms. The van der Waals surface area contributed by atoms with Crippen molar-refractivity contribution >= 4 is 11.6 Å². The third-order valence-electron chi connectivity index (χ3n) is 2.69. The standard InChI is InChI=1S/C13H17ClN4/c1-9(2)4-5-13-16-11(6-12(14)17-13)10-7-15-18(3)8-10/h6-9H,4-5H2,1-3H3. The Morgan fingerprint density at radius 3 is 2.72 bits per heavy atom. The molecule has 0 fully saturated rings. The Bertz CT molecular complexity index is 534. The highest BCUT2D eigenvalue weighted by molar-refractivity contribution is 6.29. The van der Waals surface area contributed by atoms with Crippen LogP contribution in [0.3, 0.4) is 0 Å². The van der Waals surface area contributed by atoms with Crippen LogP contribution in [-0.2, 0) is 13.5 Å². The Morgan fingerprint density at radius 1 is 1.33 bits per heavy atom. The van der Waals surface area contributed by atoms with E-state index in [0.29, 0.717) is 11.1 Å². The summed E-state index contributed by atoms with van der Waals surface area (Å²) in [6.07, 6.45) is 5.62. The van der Waals surface area contributed by atoms with E-state index in [9.17, 15) is 0 Å². The third kappa shape index (κ3) is 3.29. The van der Waals surface area contributed by atoms with Gasteiger partial charge in [-0.3, -0.25) is 4.68 Å². The van der Waals surface area contributed by atoms with Gasteiger partial charge in [0.1, 0.15) is 11.0 Å². The summed E-state index contributed by atoms with van der Waals surface area (Å²) in [5.41, 5.74) is 1.80. The summed E-state index contributed by atoms with van der Waals surface area (Å²) in [4.78, 5) is 8.81. The van der Waals surface area contributed by atoms with Gasteiger partial charge >= 0.3 is 0 Å². The molecule has 2 aromatic rings. The molecule has 0 unspecified atom stereocenters. The zero-order valence-electron chi connectivity index (χ0n) is 10.9. The average molecular weight is 265 g/mol. The normalized spacial score (nSPS) is 11.2. The molecular formula is C13H17ClN4. The lowest BCUT2D eigenvalue weighted by Gasteiger charge is -2.05. The summed E-state index contributed by atoms with van der Waals surface area (Å²) in [7, 11) is 1.88. The van der Waals surface area contributed by atoms with Crippen LogP contribution in [0.4, 0.5) is 0 Å². The number of nitrogens with zero attached hydrogens (tertiary/aromatic N) is 4. The highest BCUT2D eigenvalue weighted by atomic mass is 35.5. The molecule has 2 aromatic heterocycles. The number of hydrogen-bond donors (Lipinski definition) is 0. The lowest BCUT2D eigenvalue weighted by Crippen LogP contribution is -2.00. The minimum absolute atomic E-state index is 0.489. The summed E-state index contributed by atoms with van der Waals surface area (Å²) in [6.45, 7) is 4.37. The third-order valence-corrected chi connectivity index (χ3v) is 2.88. The van der Waals surface area contributed by atoms with Crippen LogP contribution in [0, 0.1) is 5.92 Å². The minimum Gasteiger partial charge on any atom is -0.275 e. The van der Waals surface area contributed by atoms with Gasteiger partial charge in [0.25, 0.3) is 0 Å². The van der Waals surface area contributed by atoms with Crippen LogP contribution in [-0.4, -0.2) is 19.7 Å². The number of aryl methyl sites for hydroxylation is 2. The van der Waals surface area contributed by atoms with Gasteiger partial charge in [-0.2, -0.15) is 5.10 Å². The van der Waals surface area contributed by atoms with E-state index >= 15 is 0 Å².